The second-order valence-electron chi connectivity index (χ2n) is 5.75. The van der Waals surface area contributed by atoms with Crippen LogP contribution in [0.25, 0.3) is 0 Å². The van der Waals surface area contributed by atoms with Crippen LogP contribution in [-0.4, -0.2) is 30.6 Å². The van der Waals surface area contributed by atoms with Gasteiger partial charge in [0.1, 0.15) is 5.82 Å². The molecular weight excluding hydrogens is 263 g/mol. The lowest BCUT2D eigenvalue weighted by Crippen LogP contribution is -2.56. The van der Waals surface area contributed by atoms with Crippen molar-refractivity contribution in [1.29, 1.82) is 0 Å². The topological polar surface area (TPSA) is 29.3 Å². The Morgan fingerprint density at radius 1 is 1.37 bits per heavy atom. The van der Waals surface area contributed by atoms with Crippen molar-refractivity contribution in [2.75, 3.05) is 14.1 Å². The molecule has 1 fully saturated rings. The van der Waals surface area contributed by atoms with Gasteiger partial charge < -0.3 is 10.6 Å². The number of nitrogens with zero attached hydrogens (tertiary/aromatic N) is 1. The largest absolute Gasteiger partial charge is 0.326 e. The van der Waals surface area contributed by atoms with E-state index in [4.69, 9.17) is 17.3 Å². The minimum atomic E-state index is -0.253. The van der Waals surface area contributed by atoms with E-state index in [-0.39, 0.29) is 17.4 Å². The lowest BCUT2D eigenvalue weighted by molar-refractivity contribution is 0.123. The van der Waals surface area contributed by atoms with Gasteiger partial charge in [-0.05, 0) is 57.1 Å². The van der Waals surface area contributed by atoms with Crippen molar-refractivity contribution in [2.24, 2.45) is 5.73 Å². The highest BCUT2D eigenvalue weighted by molar-refractivity contribution is 6.31. The number of benzene rings is 1. The lowest BCUT2D eigenvalue weighted by Gasteiger charge is -2.41. The third kappa shape index (κ3) is 2.93. The first-order chi connectivity index (χ1) is 8.95. The fourth-order valence-corrected chi connectivity index (χ4v) is 3.46. The Hall–Kier alpha value is -0.640. The quantitative estimate of drug-likeness (QED) is 0.920. The average Bonchev–Trinajstić information content (AvgIpc) is 2.84. The van der Waals surface area contributed by atoms with E-state index in [1.807, 2.05) is 0 Å². The Balaban J connectivity index is 2.19. The number of halogens is 2. The fourth-order valence-electron chi connectivity index (χ4n) is 3.26. The molecule has 0 radical (unpaired) electrons. The zero-order valence-corrected chi connectivity index (χ0v) is 12.4. The first-order valence-corrected chi connectivity index (χ1v) is 7.20. The van der Waals surface area contributed by atoms with Crippen LogP contribution in [0.1, 0.15) is 31.2 Å². The number of hydrogen-bond acceptors (Lipinski definition) is 2. The van der Waals surface area contributed by atoms with Crippen LogP contribution in [0, 0.1) is 5.82 Å². The maximum Gasteiger partial charge on any atom is 0.123 e. The molecule has 2 rings (SSSR count). The van der Waals surface area contributed by atoms with Crippen LogP contribution in [0.3, 0.4) is 0 Å². The molecule has 0 heterocycles. The minimum absolute atomic E-state index is 0.0235. The van der Waals surface area contributed by atoms with E-state index in [2.05, 4.69) is 19.0 Å². The van der Waals surface area contributed by atoms with Crippen molar-refractivity contribution in [1.82, 2.24) is 4.90 Å². The van der Waals surface area contributed by atoms with Gasteiger partial charge in [0.2, 0.25) is 0 Å². The van der Waals surface area contributed by atoms with Crippen LogP contribution < -0.4 is 5.73 Å². The van der Waals surface area contributed by atoms with Gasteiger partial charge in [0.05, 0.1) is 0 Å². The predicted octanol–water partition coefficient (Wildman–Crippen LogP) is 3.22. The van der Waals surface area contributed by atoms with Gasteiger partial charge in [-0.25, -0.2) is 4.39 Å². The molecule has 1 atom stereocenters. The van der Waals surface area contributed by atoms with Crippen LogP contribution >= 0.6 is 11.6 Å². The van der Waals surface area contributed by atoms with Crippen LogP contribution in [0.5, 0.6) is 0 Å². The molecule has 1 aromatic carbocycles. The molecule has 1 aromatic rings. The molecule has 0 saturated heterocycles. The first-order valence-electron chi connectivity index (χ1n) is 6.82. The van der Waals surface area contributed by atoms with Gasteiger partial charge in [-0.3, -0.25) is 0 Å². The Labute approximate surface area is 119 Å². The summed E-state index contributed by atoms with van der Waals surface area (Å²) in [6.45, 7) is 0. The van der Waals surface area contributed by atoms with Crippen molar-refractivity contribution in [2.45, 2.75) is 43.7 Å². The molecular formula is C15H22ClFN2. The minimum Gasteiger partial charge on any atom is -0.326 e. The van der Waals surface area contributed by atoms with E-state index in [1.165, 1.54) is 25.0 Å². The van der Waals surface area contributed by atoms with Crippen molar-refractivity contribution < 1.29 is 4.39 Å². The Bertz CT molecular complexity index is 442. The average molecular weight is 285 g/mol. The zero-order valence-electron chi connectivity index (χ0n) is 11.6. The molecule has 2 nitrogen and oxygen atoms in total. The summed E-state index contributed by atoms with van der Waals surface area (Å²) in [6, 6.07) is 4.47. The van der Waals surface area contributed by atoms with Crippen LogP contribution in [-0.2, 0) is 6.42 Å². The van der Waals surface area contributed by atoms with E-state index in [9.17, 15) is 4.39 Å². The standard InChI is InChI=1S/C15H22ClFN2/c1-19(2)15(7-3-4-8-15)14(18)10-11-9-12(17)5-6-13(11)16/h5-6,9,14H,3-4,7-8,10,18H2,1-2H3. The van der Waals surface area contributed by atoms with Crippen molar-refractivity contribution in [3.05, 3.63) is 34.6 Å². The van der Waals surface area contributed by atoms with Crippen LogP contribution in [0.15, 0.2) is 18.2 Å². The monoisotopic (exact) mass is 284 g/mol. The molecule has 1 aliphatic carbocycles. The summed E-state index contributed by atoms with van der Waals surface area (Å²) in [4.78, 5) is 2.23. The van der Waals surface area contributed by atoms with Crippen LogP contribution in [0.4, 0.5) is 4.39 Å². The molecule has 1 saturated carbocycles. The predicted molar refractivity (Wildman–Crippen MR) is 78.0 cm³/mol. The Morgan fingerprint density at radius 2 is 2.00 bits per heavy atom. The third-order valence-electron chi connectivity index (χ3n) is 4.50. The van der Waals surface area contributed by atoms with Gasteiger partial charge in [-0.15, -0.1) is 0 Å². The summed E-state index contributed by atoms with van der Waals surface area (Å²) in [7, 11) is 4.16. The summed E-state index contributed by atoms with van der Waals surface area (Å²) >= 11 is 6.14. The van der Waals surface area contributed by atoms with Gasteiger partial charge in [-0.1, -0.05) is 24.4 Å². The number of rotatable bonds is 4. The summed E-state index contributed by atoms with van der Waals surface area (Å²) < 4.78 is 13.3. The maximum absolute atomic E-state index is 13.3. The van der Waals surface area contributed by atoms with E-state index in [1.54, 1.807) is 6.07 Å². The number of likely N-dealkylation sites (N-methyl/N-ethyl adjacent to an activating group) is 1. The highest BCUT2D eigenvalue weighted by Crippen LogP contribution is 2.37. The van der Waals surface area contributed by atoms with Crippen molar-refractivity contribution in [3.8, 4) is 0 Å². The smallest absolute Gasteiger partial charge is 0.123 e. The normalized spacial score (nSPS) is 19.9. The Morgan fingerprint density at radius 3 is 2.58 bits per heavy atom. The summed E-state index contributed by atoms with van der Waals surface area (Å²) in [5.41, 5.74) is 7.27. The van der Waals surface area contributed by atoms with Gasteiger partial charge in [0.15, 0.2) is 0 Å². The van der Waals surface area contributed by atoms with Gasteiger partial charge >= 0.3 is 0 Å². The molecule has 0 aromatic heterocycles. The summed E-state index contributed by atoms with van der Waals surface area (Å²) in [5.74, 6) is -0.253. The first kappa shape index (κ1) is 14.8. The third-order valence-corrected chi connectivity index (χ3v) is 4.87. The maximum atomic E-state index is 13.3. The van der Waals surface area contributed by atoms with E-state index in [0.29, 0.717) is 11.4 Å². The highest BCUT2D eigenvalue weighted by Gasteiger charge is 2.41. The highest BCUT2D eigenvalue weighted by atomic mass is 35.5. The zero-order chi connectivity index (χ0) is 14.0. The van der Waals surface area contributed by atoms with E-state index < -0.39 is 0 Å². The molecule has 0 amide bonds. The molecule has 2 N–H and O–H groups in total. The summed E-state index contributed by atoms with van der Waals surface area (Å²) in [5, 5.41) is 0.601. The molecule has 106 valence electrons. The molecule has 0 bridgehead atoms. The Kier molecular flexibility index (Phi) is 4.49. The molecule has 0 spiro atoms. The fraction of sp³-hybridized carbons (Fsp3) is 0.600. The molecule has 0 aliphatic heterocycles. The van der Waals surface area contributed by atoms with Gasteiger partial charge in [0.25, 0.3) is 0 Å². The molecule has 1 aliphatic rings. The summed E-state index contributed by atoms with van der Waals surface area (Å²) in [6.07, 6.45) is 5.25. The van der Waals surface area contributed by atoms with Crippen LogP contribution in [0.2, 0.25) is 5.02 Å². The van der Waals surface area contributed by atoms with E-state index >= 15 is 0 Å². The molecule has 1 unspecified atom stereocenters. The number of nitrogens with two attached hydrogens (primary N) is 1. The number of hydrogen-bond donors (Lipinski definition) is 1. The van der Waals surface area contributed by atoms with Crippen molar-refractivity contribution in [3.63, 3.8) is 0 Å². The van der Waals surface area contributed by atoms with Crippen molar-refractivity contribution >= 4 is 11.6 Å². The molecule has 4 heteroatoms. The lowest BCUT2D eigenvalue weighted by atomic mass is 9.83. The second-order valence-corrected chi connectivity index (χ2v) is 6.16. The van der Waals surface area contributed by atoms with Gasteiger partial charge in [-0.2, -0.15) is 0 Å². The SMILES string of the molecule is CN(C)C1(C(N)Cc2cc(F)ccc2Cl)CCCC1. The van der Waals surface area contributed by atoms with Gasteiger partial charge in [0, 0.05) is 16.6 Å². The molecule has 19 heavy (non-hydrogen) atoms. The van der Waals surface area contributed by atoms with E-state index in [0.717, 1.165) is 18.4 Å². The second kappa shape index (κ2) is 5.78.